The molecule has 0 aliphatic heterocycles. The number of para-hydroxylation sites is 2. The van der Waals surface area contributed by atoms with E-state index in [0.29, 0.717) is 6.61 Å². The molecule has 0 amide bonds. The van der Waals surface area contributed by atoms with E-state index in [1.165, 1.54) is 29.3 Å². The van der Waals surface area contributed by atoms with Crippen LogP contribution >= 0.6 is 0 Å². The van der Waals surface area contributed by atoms with Gasteiger partial charge in [-0.3, -0.25) is 0 Å². The summed E-state index contributed by atoms with van der Waals surface area (Å²) >= 11 is 0. The second-order valence-corrected chi connectivity index (χ2v) is 14.1. The predicted octanol–water partition coefficient (Wildman–Crippen LogP) is 9.12. The second kappa shape index (κ2) is 14.2. The number of hydrogen-bond acceptors (Lipinski definition) is 2. The van der Waals surface area contributed by atoms with Gasteiger partial charge in [-0.25, -0.2) is 0 Å². The van der Waals surface area contributed by atoms with Crippen molar-refractivity contribution in [3.8, 4) is 11.5 Å². The van der Waals surface area contributed by atoms with E-state index in [2.05, 4.69) is 75.4 Å². The van der Waals surface area contributed by atoms with Crippen molar-refractivity contribution in [3.05, 3.63) is 132 Å². The van der Waals surface area contributed by atoms with Crippen LogP contribution in [0.25, 0.3) is 0 Å². The highest BCUT2D eigenvalue weighted by Gasteiger charge is 2.39. The van der Waals surface area contributed by atoms with Gasteiger partial charge in [0, 0.05) is 0 Å². The highest BCUT2D eigenvalue weighted by atomic mass is 28.3. The van der Waals surface area contributed by atoms with Gasteiger partial charge in [0.2, 0.25) is 0 Å². The zero-order valence-electron chi connectivity index (χ0n) is 21.3. The van der Waals surface area contributed by atoms with E-state index in [1.54, 1.807) is 0 Å². The minimum Gasteiger partial charge on any atom is -0.490 e. The van der Waals surface area contributed by atoms with Crippen LogP contribution in [-0.4, -0.2) is 8.07 Å². The van der Waals surface area contributed by atoms with Crippen molar-refractivity contribution in [3.63, 3.8) is 0 Å². The summed E-state index contributed by atoms with van der Waals surface area (Å²) in [6, 6.07) is 44.8. The molecule has 0 N–H and O–H groups in total. The third-order valence-corrected chi connectivity index (χ3v) is 12.5. The highest BCUT2D eigenvalue weighted by Crippen LogP contribution is 2.37. The van der Waals surface area contributed by atoms with Crippen LogP contribution in [0.3, 0.4) is 0 Å². The minimum absolute atomic E-state index is 0.237. The van der Waals surface area contributed by atoms with Crippen molar-refractivity contribution in [2.24, 2.45) is 0 Å². The fourth-order valence-corrected chi connectivity index (χ4v) is 8.27. The van der Waals surface area contributed by atoms with Gasteiger partial charge < -0.3 is 9.47 Å². The van der Waals surface area contributed by atoms with E-state index in [1.807, 2.05) is 66.7 Å². The lowest BCUT2D eigenvalue weighted by Crippen LogP contribution is -2.42. The average Bonchev–Trinajstić information content (AvgIpc) is 2.95. The summed E-state index contributed by atoms with van der Waals surface area (Å²) in [5.41, 5.74) is 2.76. The fourth-order valence-electron chi connectivity index (χ4n) is 4.37. The molecule has 0 aromatic heterocycles. The summed E-state index contributed by atoms with van der Waals surface area (Å²) in [5, 5.41) is 0. The number of rotatable bonds is 10. The summed E-state index contributed by atoms with van der Waals surface area (Å²) in [4.78, 5) is 0. The molecule has 0 fully saturated rings. The first-order valence-corrected chi connectivity index (χ1v) is 15.4. The number of hydrogen-bond donors (Lipinski definition) is 0. The quantitative estimate of drug-likeness (QED) is 0.210. The molecule has 0 spiro atoms. The molecule has 35 heavy (non-hydrogen) atoms. The van der Waals surface area contributed by atoms with E-state index in [0.717, 1.165) is 11.5 Å². The van der Waals surface area contributed by atoms with Crippen molar-refractivity contribution in [2.75, 3.05) is 0 Å². The van der Waals surface area contributed by atoms with Gasteiger partial charge in [0.25, 0.3) is 0 Å². The smallest absolute Gasteiger partial charge is 0.119 e. The Labute approximate surface area is 212 Å². The molecule has 0 radical (unpaired) electrons. The third-order valence-electron chi connectivity index (χ3n) is 6.76. The van der Waals surface area contributed by atoms with Crippen molar-refractivity contribution in [2.45, 2.75) is 51.2 Å². The van der Waals surface area contributed by atoms with Crippen LogP contribution in [0.15, 0.2) is 121 Å². The van der Waals surface area contributed by atoms with Crippen LogP contribution in [0.2, 0.25) is 18.1 Å². The summed E-state index contributed by atoms with van der Waals surface area (Å²) in [7, 11) is -1.49. The molecule has 0 saturated carbocycles. The van der Waals surface area contributed by atoms with Gasteiger partial charge in [-0.1, -0.05) is 136 Å². The molecule has 0 heterocycles. The molecule has 4 aromatic carbocycles. The standard InChI is InChI=1S/C19H26OSi.C13H12O/c1-4-21(5-2,6-3)19(17-13-9-7-10-14-17)20-18-15-11-8-12-16-18;1-3-7-12(8-4-1)11-14-13-9-5-2-6-10-13/h7-16,19H,4-6H2,1-3H3;1-10H,11H2. The van der Waals surface area contributed by atoms with Crippen LogP contribution in [-0.2, 0) is 6.61 Å². The molecule has 0 aliphatic rings. The molecule has 0 saturated heterocycles. The third kappa shape index (κ3) is 7.86. The Balaban J connectivity index is 0.000000211. The van der Waals surface area contributed by atoms with Gasteiger partial charge in [0.05, 0.1) is 0 Å². The second-order valence-electron chi connectivity index (χ2n) is 8.73. The van der Waals surface area contributed by atoms with E-state index in [9.17, 15) is 0 Å². The lowest BCUT2D eigenvalue weighted by atomic mass is 10.2. The van der Waals surface area contributed by atoms with Gasteiger partial charge in [0.1, 0.15) is 31.9 Å². The first kappa shape index (κ1) is 26.3. The molecular formula is C32H38O2Si. The minimum atomic E-state index is -1.49. The molecule has 3 heteroatoms. The number of benzene rings is 4. The Hall–Kier alpha value is -3.30. The van der Waals surface area contributed by atoms with Gasteiger partial charge in [-0.15, -0.1) is 0 Å². The maximum Gasteiger partial charge on any atom is 0.119 e. The molecular weight excluding hydrogens is 444 g/mol. The summed E-state index contributed by atoms with van der Waals surface area (Å²) in [6.07, 6.45) is 0. The zero-order chi connectivity index (χ0) is 24.8. The van der Waals surface area contributed by atoms with E-state index in [4.69, 9.17) is 9.47 Å². The van der Waals surface area contributed by atoms with Crippen LogP contribution in [0.1, 0.15) is 37.6 Å². The van der Waals surface area contributed by atoms with Crippen LogP contribution in [0.5, 0.6) is 11.5 Å². The lowest BCUT2D eigenvalue weighted by molar-refractivity contribution is 0.272. The lowest BCUT2D eigenvalue weighted by Gasteiger charge is -2.37. The molecule has 2 nitrogen and oxygen atoms in total. The molecule has 0 bridgehead atoms. The van der Waals surface area contributed by atoms with Gasteiger partial charge in [0.15, 0.2) is 0 Å². The van der Waals surface area contributed by atoms with Gasteiger partial charge in [-0.2, -0.15) is 0 Å². The van der Waals surface area contributed by atoms with Crippen molar-refractivity contribution in [1.29, 1.82) is 0 Å². The maximum absolute atomic E-state index is 6.50. The van der Waals surface area contributed by atoms with Crippen molar-refractivity contribution < 1.29 is 9.47 Å². The molecule has 1 atom stereocenters. The molecule has 182 valence electrons. The highest BCUT2D eigenvalue weighted by molar-refractivity contribution is 6.80. The Morgan fingerprint density at radius 3 is 1.46 bits per heavy atom. The molecule has 4 rings (SSSR count). The van der Waals surface area contributed by atoms with Crippen LogP contribution < -0.4 is 9.47 Å². The van der Waals surface area contributed by atoms with Crippen molar-refractivity contribution in [1.82, 2.24) is 0 Å². The maximum atomic E-state index is 6.50. The van der Waals surface area contributed by atoms with E-state index in [-0.39, 0.29) is 5.73 Å². The fraction of sp³-hybridized carbons (Fsp3) is 0.250. The largest absolute Gasteiger partial charge is 0.490 e. The normalized spacial score (nSPS) is 11.6. The Morgan fingerprint density at radius 2 is 0.971 bits per heavy atom. The van der Waals surface area contributed by atoms with Crippen LogP contribution in [0, 0.1) is 0 Å². The average molecular weight is 483 g/mol. The molecule has 0 aliphatic carbocycles. The van der Waals surface area contributed by atoms with E-state index >= 15 is 0 Å². The summed E-state index contributed by atoms with van der Waals surface area (Å²) < 4.78 is 12.1. The van der Waals surface area contributed by atoms with Crippen LogP contribution in [0.4, 0.5) is 0 Å². The SMILES string of the molecule is CC[Si](CC)(CC)C(Oc1ccccc1)c1ccccc1.c1ccc(COc2ccccc2)cc1. The number of ether oxygens (including phenoxy) is 2. The van der Waals surface area contributed by atoms with Gasteiger partial charge in [-0.05, 0) is 35.4 Å². The van der Waals surface area contributed by atoms with Gasteiger partial charge >= 0.3 is 0 Å². The van der Waals surface area contributed by atoms with E-state index < -0.39 is 8.07 Å². The molecule has 4 aromatic rings. The predicted molar refractivity (Wildman–Crippen MR) is 151 cm³/mol. The summed E-state index contributed by atoms with van der Waals surface area (Å²) in [5.74, 6) is 1.90. The first-order chi connectivity index (χ1) is 17.2. The van der Waals surface area contributed by atoms with Crippen molar-refractivity contribution >= 4 is 8.07 Å². The monoisotopic (exact) mass is 482 g/mol. The Morgan fingerprint density at radius 1 is 0.543 bits per heavy atom. The summed E-state index contributed by atoms with van der Waals surface area (Å²) in [6.45, 7) is 7.64. The topological polar surface area (TPSA) is 18.5 Å². The first-order valence-electron chi connectivity index (χ1n) is 12.7. The zero-order valence-corrected chi connectivity index (χ0v) is 22.3. The molecule has 1 unspecified atom stereocenters. The Kier molecular flexibility index (Phi) is 10.7. The Bertz CT molecular complexity index is 1020.